The van der Waals surface area contributed by atoms with Crippen molar-refractivity contribution >= 4 is 5.91 Å². The lowest BCUT2D eigenvalue weighted by molar-refractivity contribution is 0.0665. The van der Waals surface area contributed by atoms with E-state index in [0.29, 0.717) is 32.0 Å². The molecule has 1 aliphatic rings. The SMILES string of the molecule is N[C@H](Cc1cc(F)c(F)cc1F)C1CCN(C(=O)c2ncccn2)CC1. The molecular formula is C18H19F3N4O. The highest BCUT2D eigenvalue weighted by Gasteiger charge is 2.28. The van der Waals surface area contributed by atoms with Crippen molar-refractivity contribution in [1.82, 2.24) is 14.9 Å². The average Bonchev–Trinajstić information content (AvgIpc) is 2.66. The number of hydrogen-bond donors (Lipinski definition) is 1. The standard InChI is InChI=1S/C18H19F3N4O/c19-13-10-15(21)14(20)8-12(13)9-16(22)11-2-6-25(7-3-11)18(26)17-23-4-1-5-24-17/h1,4-5,8,10-11,16H,2-3,6-7,9,22H2/t16-/m1/s1. The van der Waals surface area contributed by atoms with Crippen molar-refractivity contribution in [1.29, 1.82) is 0 Å². The summed E-state index contributed by atoms with van der Waals surface area (Å²) in [5, 5.41) is 0. The second-order valence-electron chi connectivity index (χ2n) is 6.43. The summed E-state index contributed by atoms with van der Waals surface area (Å²) in [7, 11) is 0. The second kappa shape index (κ2) is 7.82. The van der Waals surface area contributed by atoms with Crippen molar-refractivity contribution in [2.45, 2.75) is 25.3 Å². The van der Waals surface area contributed by atoms with Gasteiger partial charge in [0.25, 0.3) is 5.91 Å². The Bertz CT molecular complexity index is 780. The van der Waals surface area contributed by atoms with Gasteiger partial charge >= 0.3 is 0 Å². The van der Waals surface area contributed by atoms with Crippen LogP contribution in [0, 0.1) is 23.4 Å². The first-order valence-electron chi connectivity index (χ1n) is 8.41. The molecule has 1 amide bonds. The number of aromatic nitrogens is 2. The van der Waals surface area contributed by atoms with Crippen LogP contribution in [0.15, 0.2) is 30.6 Å². The zero-order chi connectivity index (χ0) is 18.7. The van der Waals surface area contributed by atoms with Gasteiger partial charge in [-0.15, -0.1) is 0 Å². The molecule has 2 N–H and O–H groups in total. The van der Waals surface area contributed by atoms with Gasteiger partial charge in [0.1, 0.15) is 5.82 Å². The minimum atomic E-state index is -1.21. The molecule has 5 nitrogen and oxygen atoms in total. The van der Waals surface area contributed by atoms with Crippen LogP contribution >= 0.6 is 0 Å². The lowest BCUT2D eigenvalue weighted by atomic mass is 9.86. The molecule has 1 fully saturated rings. The van der Waals surface area contributed by atoms with Crippen molar-refractivity contribution in [3.63, 3.8) is 0 Å². The molecule has 0 unspecified atom stereocenters. The number of nitrogens with zero attached hydrogens (tertiary/aromatic N) is 3. The van der Waals surface area contributed by atoms with Gasteiger partial charge in [0.05, 0.1) is 0 Å². The number of hydrogen-bond acceptors (Lipinski definition) is 4. The molecule has 0 radical (unpaired) electrons. The molecule has 3 rings (SSSR count). The fourth-order valence-electron chi connectivity index (χ4n) is 3.22. The summed E-state index contributed by atoms with van der Waals surface area (Å²) in [5.74, 6) is -3.12. The first-order chi connectivity index (χ1) is 12.5. The van der Waals surface area contributed by atoms with Crippen LogP contribution in [-0.4, -0.2) is 39.9 Å². The molecule has 0 spiro atoms. The maximum absolute atomic E-state index is 13.8. The van der Waals surface area contributed by atoms with Gasteiger partial charge in [-0.1, -0.05) is 0 Å². The summed E-state index contributed by atoms with van der Waals surface area (Å²) in [4.78, 5) is 21.9. The van der Waals surface area contributed by atoms with Crippen LogP contribution in [0.25, 0.3) is 0 Å². The molecule has 1 aromatic heterocycles. The molecule has 1 aliphatic heterocycles. The van der Waals surface area contributed by atoms with Gasteiger partial charge in [0.2, 0.25) is 5.82 Å². The van der Waals surface area contributed by atoms with Crippen molar-refractivity contribution in [2.24, 2.45) is 11.7 Å². The fourth-order valence-corrected chi connectivity index (χ4v) is 3.22. The molecule has 8 heteroatoms. The van der Waals surface area contributed by atoms with Gasteiger partial charge in [-0.3, -0.25) is 4.79 Å². The van der Waals surface area contributed by atoms with E-state index in [2.05, 4.69) is 9.97 Å². The summed E-state index contributed by atoms with van der Waals surface area (Å²) in [5.41, 5.74) is 6.22. The maximum Gasteiger partial charge on any atom is 0.291 e. The first-order valence-corrected chi connectivity index (χ1v) is 8.41. The number of nitrogens with two attached hydrogens (primary N) is 1. The Morgan fingerprint density at radius 2 is 1.73 bits per heavy atom. The molecule has 138 valence electrons. The Balaban J connectivity index is 1.58. The van der Waals surface area contributed by atoms with E-state index in [4.69, 9.17) is 5.73 Å². The Hall–Kier alpha value is -2.48. The van der Waals surface area contributed by atoms with E-state index in [9.17, 15) is 18.0 Å². The second-order valence-corrected chi connectivity index (χ2v) is 6.43. The highest BCUT2D eigenvalue weighted by Crippen LogP contribution is 2.24. The van der Waals surface area contributed by atoms with E-state index in [0.717, 1.165) is 6.07 Å². The molecule has 1 saturated heterocycles. The van der Waals surface area contributed by atoms with Crippen LogP contribution in [-0.2, 0) is 6.42 Å². The number of amides is 1. The Labute approximate surface area is 149 Å². The molecule has 26 heavy (non-hydrogen) atoms. The zero-order valence-corrected chi connectivity index (χ0v) is 14.0. The summed E-state index contributed by atoms with van der Waals surface area (Å²) >= 11 is 0. The van der Waals surface area contributed by atoms with Gasteiger partial charge in [-0.05, 0) is 42.9 Å². The molecule has 1 atom stereocenters. The highest BCUT2D eigenvalue weighted by atomic mass is 19.2. The van der Waals surface area contributed by atoms with Gasteiger partial charge in [-0.25, -0.2) is 23.1 Å². The van der Waals surface area contributed by atoms with E-state index in [1.807, 2.05) is 0 Å². The quantitative estimate of drug-likeness (QED) is 0.845. The molecule has 1 aromatic carbocycles. The number of halogens is 3. The molecule has 0 aliphatic carbocycles. The van der Waals surface area contributed by atoms with Crippen LogP contribution in [0.2, 0.25) is 0 Å². The monoisotopic (exact) mass is 364 g/mol. The van der Waals surface area contributed by atoms with Crippen molar-refractivity contribution < 1.29 is 18.0 Å². The molecular weight excluding hydrogens is 345 g/mol. The van der Waals surface area contributed by atoms with Gasteiger partial charge in [0.15, 0.2) is 11.6 Å². The topological polar surface area (TPSA) is 72.1 Å². The summed E-state index contributed by atoms with van der Waals surface area (Å²) in [6.45, 7) is 0.991. The summed E-state index contributed by atoms with van der Waals surface area (Å²) < 4.78 is 40.1. The van der Waals surface area contributed by atoms with E-state index >= 15 is 0 Å². The number of carbonyl (C=O) groups is 1. The molecule has 2 heterocycles. The van der Waals surface area contributed by atoms with Crippen LogP contribution < -0.4 is 5.73 Å². The van der Waals surface area contributed by atoms with Crippen LogP contribution in [0.3, 0.4) is 0 Å². The third-order valence-corrected chi connectivity index (χ3v) is 4.73. The van der Waals surface area contributed by atoms with Gasteiger partial charge < -0.3 is 10.6 Å². The number of piperidine rings is 1. The predicted octanol–water partition coefficient (Wildman–Crippen LogP) is 2.32. The third kappa shape index (κ3) is 4.01. The maximum atomic E-state index is 13.8. The molecule has 0 bridgehead atoms. The van der Waals surface area contributed by atoms with Gasteiger partial charge in [0, 0.05) is 37.6 Å². The number of benzene rings is 1. The van der Waals surface area contributed by atoms with E-state index < -0.39 is 23.5 Å². The lowest BCUT2D eigenvalue weighted by Crippen LogP contribution is -2.44. The van der Waals surface area contributed by atoms with Crippen LogP contribution in [0.4, 0.5) is 13.2 Å². The zero-order valence-electron chi connectivity index (χ0n) is 14.0. The minimum absolute atomic E-state index is 0.0586. The number of likely N-dealkylation sites (tertiary alicyclic amines) is 1. The third-order valence-electron chi connectivity index (χ3n) is 4.73. The van der Waals surface area contributed by atoms with Crippen molar-refractivity contribution in [3.8, 4) is 0 Å². The van der Waals surface area contributed by atoms with Crippen LogP contribution in [0.1, 0.15) is 29.0 Å². The Morgan fingerprint density at radius 1 is 1.12 bits per heavy atom. The number of carbonyl (C=O) groups excluding carboxylic acids is 1. The predicted molar refractivity (Wildman–Crippen MR) is 88.7 cm³/mol. The van der Waals surface area contributed by atoms with E-state index in [1.165, 1.54) is 12.4 Å². The Kier molecular flexibility index (Phi) is 5.51. The average molecular weight is 364 g/mol. The first kappa shape index (κ1) is 18.3. The smallest absolute Gasteiger partial charge is 0.291 e. The lowest BCUT2D eigenvalue weighted by Gasteiger charge is -2.34. The molecule has 0 saturated carbocycles. The van der Waals surface area contributed by atoms with E-state index in [1.54, 1.807) is 11.0 Å². The fraction of sp³-hybridized carbons (Fsp3) is 0.389. The number of rotatable bonds is 4. The minimum Gasteiger partial charge on any atom is -0.336 e. The Morgan fingerprint density at radius 3 is 2.38 bits per heavy atom. The summed E-state index contributed by atoms with van der Waals surface area (Å²) in [6.07, 6.45) is 4.43. The van der Waals surface area contributed by atoms with Gasteiger partial charge in [-0.2, -0.15) is 0 Å². The molecule has 2 aromatic rings. The summed E-state index contributed by atoms with van der Waals surface area (Å²) in [6, 6.07) is 2.63. The largest absolute Gasteiger partial charge is 0.336 e. The highest BCUT2D eigenvalue weighted by molar-refractivity contribution is 5.90. The van der Waals surface area contributed by atoms with Crippen molar-refractivity contribution in [3.05, 3.63) is 59.4 Å². The van der Waals surface area contributed by atoms with Crippen LogP contribution in [0.5, 0.6) is 0 Å². The van der Waals surface area contributed by atoms with Crippen molar-refractivity contribution in [2.75, 3.05) is 13.1 Å². The van der Waals surface area contributed by atoms with E-state index in [-0.39, 0.29) is 29.6 Å². The normalized spacial score (nSPS) is 16.5.